The van der Waals surface area contributed by atoms with E-state index in [1.807, 2.05) is 0 Å². The summed E-state index contributed by atoms with van der Waals surface area (Å²) in [6.07, 6.45) is 1.20. The number of aromatic amines is 1. The second-order valence-corrected chi connectivity index (χ2v) is 3.16. The molecule has 2 rings (SSSR count). The predicted molar refractivity (Wildman–Crippen MR) is 57.3 cm³/mol. The second-order valence-electron chi connectivity index (χ2n) is 3.16. The SMILES string of the molecule is O=[N+]([O-])c1ccc(-c2nc[nH]c2[N+](=O)[O-])cc1. The van der Waals surface area contributed by atoms with Crippen LogP contribution in [0.5, 0.6) is 0 Å². The van der Waals surface area contributed by atoms with Crippen molar-refractivity contribution in [1.29, 1.82) is 0 Å². The minimum absolute atomic E-state index is 0.0769. The molecule has 0 radical (unpaired) electrons. The number of hydrogen-bond donors (Lipinski definition) is 1. The molecule has 8 nitrogen and oxygen atoms in total. The second kappa shape index (κ2) is 4.00. The average Bonchev–Trinajstić information content (AvgIpc) is 2.78. The van der Waals surface area contributed by atoms with Gasteiger partial charge in [-0.25, -0.2) is 9.97 Å². The number of nitro groups is 2. The topological polar surface area (TPSA) is 115 Å². The summed E-state index contributed by atoms with van der Waals surface area (Å²) in [5.41, 5.74) is 0.528. The van der Waals surface area contributed by atoms with Crippen LogP contribution < -0.4 is 0 Å². The van der Waals surface area contributed by atoms with Gasteiger partial charge in [0.1, 0.15) is 0 Å². The largest absolute Gasteiger partial charge is 0.358 e. The molecule has 86 valence electrons. The molecular weight excluding hydrogens is 228 g/mol. The van der Waals surface area contributed by atoms with Gasteiger partial charge in [0.15, 0.2) is 12.0 Å². The highest BCUT2D eigenvalue weighted by Gasteiger charge is 2.17. The van der Waals surface area contributed by atoms with Crippen LogP contribution in [-0.2, 0) is 0 Å². The molecule has 1 heterocycles. The average molecular weight is 234 g/mol. The zero-order valence-corrected chi connectivity index (χ0v) is 8.36. The standard InChI is InChI=1S/C9H6N4O4/c14-12(15)7-3-1-6(2-4-7)8-9(13(16)17)11-5-10-8/h1-5H,(H,10,11). The van der Waals surface area contributed by atoms with Crippen molar-refractivity contribution in [1.82, 2.24) is 9.97 Å². The van der Waals surface area contributed by atoms with E-state index in [4.69, 9.17) is 0 Å². The Kier molecular flexibility index (Phi) is 2.53. The van der Waals surface area contributed by atoms with Crippen LogP contribution in [0.4, 0.5) is 11.5 Å². The first kappa shape index (κ1) is 10.7. The number of nitrogens with one attached hydrogen (secondary N) is 1. The van der Waals surface area contributed by atoms with Gasteiger partial charge in [-0.15, -0.1) is 0 Å². The van der Waals surface area contributed by atoms with Crippen molar-refractivity contribution in [2.24, 2.45) is 0 Å². The van der Waals surface area contributed by atoms with Crippen molar-refractivity contribution in [2.75, 3.05) is 0 Å². The number of imidazole rings is 1. The molecule has 0 fully saturated rings. The van der Waals surface area contributed by atoms with Gasteiger partial charge >= 0.3 is 5.82 Å². The molecule has 1 aromatic carbocycles. The van der Waals surface area contributed by atoms with Gasteiger partial charge in [-0.2, -0.15) is 0 Å². The monoisotopic (exact) mass is 234 g/mol. The maximum atomic E-state index is 10.7. The molecule has 2 aromatic rings. The molecule has 0 amide bonds. The van der Waals surface area contributed by atoms with Gasteiger partial charge in [0, 0.05) is 17.7 Å². The molecule has 1 aromatic heterocycles. The van der Waals surface area contributed by atoms with E-state index in [-0.39, 0.29) is 17.2 Å². The van der Waals surface area contributed by atoms with E-state index in [0.29, 0.717) is 5.56 Å². The Labute approximate surface area is 94.2 Å². The molecular formula is C9H6N4O4. The number of rotatable bonds is 3. The Hall–Kier alpha value is -2.77. The van der Waals surface area contributed by atoms with Gasteiger partial charge in [0.25, 0.3) is 5.69 Å². The zero-order valence-electron chi connectivity index (χ0n) is 8.36. The number of aromatic nitrogens is 2. The number of nitrogens with zero attached hydrogens (tertiary/aromatic N) is 3. The molecule has 0 aliphatic rings. The van der Waals surface area contributed by atoms with Gasteiger partial charge in [0.2, 0.25) is 0 Å². The molecule has 17 heavy (non-hydrogen) atoms. The smallest absolute Gasteiger partial charge is 0.348 e. The summed E-state index contributed by atoms with van der Waals surface area (Å²) in [5.74, 6) is -0.237. The molecule has 0 spiro atoms. The van der Waals surface area contributed by atoms with Crippen LogP contribution >= 0.6 is 0 Å². The van der Waals surface area contributed by atoms with Crippen LogP contribution in [-0.4, -0.2) is 19.8 Å². The van der Waals surface area contributed by atoms with E-state index in [9.17, 15) is 20.2 Å². The third-order valence-corrected chi connectivity index (χ3v) is 2.15. The highest BCUT2D eigenvalue weighted by Crippen LogP contribution is 2.27. The number of H-pyrrole nitrogens is 1. The molecule has 0 aliphatic heterocycles. The minimum Gasteiger partial charge on any atom is -0.358 e. The van der Waals surface area contributed by atoms with E-state index in [1.165, 1.54) is 30.6 Å². The van der Waals surface area contributed by atoms with Crippen molar-refractivity contribution in [3.8, 4) is 11.3 Å². The number of nitro benzene ring substituents is 1. The lowest BCUT2D eigenvalue weighted by molar-refractivity contribution is -0.388. The van der Waals surface area contributed by atoms with E-state index >= 15 is 0 Å². The van der Waals surface area contributed by atoms with E-state index < -0.39 is 9.85 Å². The van der Waals surface area contributed by atoms with Gasteiger partial charge in [-0.1, -0.05) is 0 Å². The van der Waals surface area contributed by atoms with Crippen LogP contribution in [0.25, 0.3) is 11.3 Å². The molecule has 0 atom stereocenters. The quantitative estimate of drug-likeness (QED) is 0.643. The van der Waals surface area contributed by atoms with Gasteiger partial charge < -0.3 is 10.1 Å². The Morgan fingerprint density at radius 2 is 1.71 bits per heavy atom. The fourth-order valence-electron chi connectivity index (χ4n) is 1.38. The Morgan fingerprint density at radius 1 is 1.06 bits per heavy atom. The first-order chi connectivity index (χ1) is 8.09. The first-order valence-corrected chi connectivity index (χ1v) is 4.52. The molecule has 1 N–H and O–H groups in total. The molecule has 0 unspecified atom stereocenters. The lowest BCUT2D eigenvalue weighted by Gasteiger charge is -1.97. The minimum atomic E-state index is -0.594. The molecule has 0 saturated heterocycles. The molecule has 0 aliphatic carbocycles. The Morgan fingerprint density at radius 3 is 2.24 bits per heavy atom. The third-order valence-electron chi connectivity index (χ3n) is 2.15. The predicted octanol–water partition coefficient (Wildman–Crippen LogP) is 1.89. The summed E-state index contributed by atoms with van der Waals surface area (Å²) in [7, 11) is 0. The highest BCUT2D eigenvalue weighted by atomic mass is 16.6. The lowest BCUT2D eigenvalue weighted by Crippen LogP contribution is -1.91. The number of benzene rings is 1. The van der Waals surface area contributed by atoms with Gasteiger partial charge in [-0.05, 0) is 17.1 Å². The van der Waals surface area contributed by atoms with Crippen molar-refractivity contribution < 1.29 is 9.85 Å². The molecule has 8 heteroatoms. The fraction of sp³-hybridized carbons (Fsp3) is 0. The van der Waals surface area contributed by atoms with E-state index in [0.717, 1.165) is 0 Å². The lowest BCUT2D eigenvalue weighted by atomic mass is 10.1. The Balaban J connectivity index is 2.43. The summed E-state index contributed by atoms with van der Waals surface area (Å²) in [6, 6.07) is 5.38. The maximum absolute atomic E-state index is 10.7. The summed E-state index contributed by atoms with van der Waals surface area (Å²) < 4.78 is 0. The van der Waals surface area contributed by atoms with Crippen LogP contribution in [0, 0.1) is 20.2 Å². The van der Waals surface area contributed by atoms with Crippen molar-refractivity contribution in [3.05, 3.63) is 50.8 Å². The number of hydrogen-bond acceptors (Lipinski definition) is 5. The third kappa shape index (κ3) is 1.95. The number of non-ortho nitro benzene ring substituents is 1. The van der Waals surface area contributed by atoms with Gasteiger partial charge in [-0.3, -0.25) is 10.1 Å². The summed E-state index contributed by atoms with van der Waals surface area (Å²) >= 11 is 0. The molecule has 0 saturated carbocycles. The maximum Gasteiger partial charge on any atom is 0.348 e. The van der Waals surface area contributed by atoms with Crippen molar-refractivity contribution in [2.45, 2.75) is 0 Å². The summed E-state index contributed by atoms with van der Waals surface area (Å²) in [5, 5.41) is 21.1. The van der Waals surface area contributed by atoms with Crippen molar-refractivity contribution >= 4 is 11.5 Å². The van der Waals surface area contributed by atoms with Crippen molar-refractivity contribution in [3.63, 3.8) is 0 Å². The van der Waals surface area contributed by atoms with Crippen LogP contribution in [0.2, 0.25) is 0 Å². The normalized spacial score (nSPS) is 10.1. The molecule has 0 bridgehead atoms. The van der Waals surface area contributed by atoms with Crippen LogP contribution in [0.1, 0.15) is 0 Å². The summed E-state index contributed by atoms with van der Waals surface area (Å²) in [6.45, 7) is 0. The highest BCUT2D eigenvalue weighted by molar-refractivity contribution is 5.68. The first-order valence-electron chi connectivity index (χ1n) is 4.52. The van der Waals surface area contributed by atoms with Crippen LogP contribution in [0.15, 0.2) is 30.6 Å². The fourth-order valence-corrected chi connectivity index (χ4v) is 1.38. The summed E-state index contributed by atoms with van der Waals surface area (Å²) in [4.78, 5) is 26.2. The van der Waals surface area contributed by atoms with Crippen LogP contribution in [0.3, 0.4) is 0 Å². The Bertz CT molecular complexity index is 575. The van der Waals surface area contributed by atoms with E-state index in [2.05, 4.69) is 9.97 Å². The van der Waals surface area contributed by atoms with E-state index in [1.54, 1.807) is 0 Å². The zero-order chi connectivity index (χ0) is 12.4. The van der Waals surface area contributed by atoms with Gasteiger partial charge in [0.05, 0.1) is 4.92 Å².